The average Bonchev–Trinajstić information content (AvgIpc) is 2.68. The zero-order chi connectivity index (χ0) is 19.9. The Labute approximate surface area is 169 Å². The van der Waals surface area contributed by atoms with E-state index in [1.165, 1.54) is 12.0 Å². The van der Waals surface area contributed by atoms with Gasteiger partial charge < -0.3 is 10.2 Å². The average molecular weight is 386 g/mol. The van der Waals surface area contributed by atoms with Crippen molar-refractivity contribution >= 4 is 11.8 Å². The molecule has 1 aromatic rings. The van der Waals surface area contributed by atoms with Crippen molar-refractivity contribution in [3.63, 3.8) is 0 Å². The van der Waals surface area contributed by atoms with E-state index in [2.05, 4.69) is 41.1 Å². The normalized spacial score (nSPS) is 24.1. The Morgan fingerprint density at radius 3 is 2.29 bits per heavy atom. The summed E-state index contributed by atoms with van der Waals surface area (Å²) in [6.45, 7) is 6.62. The van der Waals surface area contributed by atoms with Gasteiger partial charge in [0.15, 0.2) is 0 Å². The highest BCUT2D eigenvalue weighted by Crippen LogP contribution is 2.23. The predicted octanol–water partition coefficient (Wildman–Crippen LogP) is 2.99. The Bertz CT molecular complexity index is 631. The second-order valence-corrected chi connectivity index (χ2v) is 8.53. The number of benzene rings is 1. The van der Waals surface area contributed by atoms with Crippen molar-refractivity contribution in [1.82, 2.24) is 15.1 Å². The third-order valence-electron chi connectivity index (χ3n) is 6.28. The topological polar surface area (TPSA) is 52.7 Å². The van der Waals surface area contributed by atoms with Crippen molar-refractivity contribution in [3.05, 3.63) is 35.9 Å². The Hall–Kier alpha value is -1.88. The minimum Gasteiger partial charge on any atom is -0.353 e. The molecule has 28 heavy (non-hydrogen) atoms. The number of carbonyl (C=O) groups excluding carboxylic acids is 2. The number of piperidine rings is 2. The van der Waals surface area contributed by atoms with Crippen molar-refractivity contribution < 1.29 is 9.59 Å². The molecule has 0 bridgehead atoms. The molecule has 1 aromatic carbocycles. The first kappa shape index (κ1) is 20.8. The van der Waals surface area contributed by atoms with E-state index in [1.54, 1.807) is 0 Å². The van der Waals surface area contributed by atoms with Crippen molar-refractivity contribution in [3.8, 4) is 0 Å². The number of carbonyl (C=O) groups is 2. The van der Waals surface area contributed by atoms with E-state index >= 15 is 0 Å². The van der Waals surface area contributed by atoms with Crippen LogP contribution in [0.5, 0.6) is 0 Å². The van der Waals surface area contributed by atoms with Crippen LogP contribution >= 0.6 is 0 Å². The third-order valence-corrected chi connectivity index (χ3v) is 6.28. The van der Waals surface area contributed by atoms with Crippen LogP contribution in [0.25, 0.3) is 0 Å². The summed E-state index contributed by atoms with van der Waals surface area (Å²) in [4.78, 5) is 29.4. The van der Waals surface area contributed by atoms with E-state index in [0.717, 1.165) is 45.2 Å². The van der Waals surface area contributed by atoms with Gasteiger partial charge in [-0.2, -0.15) is 0 Å². The first-order valence-corrected chi connectivity index (χ1v) is 10.9. The number of hydrogen-bond donors (Lipinski definition) is 1. The molecule has 1 N–H and O–H groups in total. The third kappa shape index (κ3) is 5.81. The lowest BCUT2D eigenvalue weighted by molar-refractivity contribution is -0.139. The maximum Gasteiger partial charge on any atom is 0.237 e. The van der Waals surface area contributed by atoms with E-state index in [9.17, 15) is 9.59 Å². The lowest BCUT2D eigenvalue weighted by Crippen LogP contribution is -2.53. The first-order chi connectivity index (χ1) is 13.5. The van der Waals surface area contributed by atoms with Gasteiger partial charge in [-0.15, -0.1) is 0 Å². The molecule has 0 unspecified atom stereocenters. The number of rotatable bonds is 6. The monoisotopic (exact) mass is 385 g/mol. The Morgan fingerprint density at radius 1 is 1.00 bits per heavy atom. The molecule has 154 valence electrons. The SMILES string of the molecule is C[C@@H]1CCC[C@@H](C)N1C(=O)CN1CCC(NC(=O)CCc2ccccc2)CC1. The van der Waals surface area contributed by atoms with Crippen LogP contribution in [0.1, 0.15) is 57.9 Å². The quantitative estimate of drug-likeness (QED) is 0.819. The molecule has 2 aliphatic rings. The summed E-state index contributed by atoms with van der Waals surface area (Å²) in [5, 5.41) is 3.18. The number of hydrogen-bond acceptors (Lipinski definition) is 3. The van der Waals surface area contributed by atoms with Gasteiger partial charge in [-0.25, -0.2) is 0 Å². The number of nitrogens with zero attached hydrogens (tertiary/aromatic N) is 2. The summed E-state index contributed by atoms with van der Waals surface area (Å²) in [5.74, 6) is 0.402. The fourth-order valence-corrected chi connectivity index (χ4v) is 4.62. The van der Waals surface area contributed by atoms with Gasteiger partial charge in [0.25, 0.3) is 0 Å². The van der Waals surface area contributed by atoms with Gasteiger partial charge in [-0.05, 0) is 57.9 Å². The summed E-state index contributed by atoms with van der Waals surface area (Å²) in [5.41, 5.74) is 1.20. The molecule has 2 fully saturated rings. The summed E-state index contributed by atoms with van der Waals surface area (Å²) < 4.78 is 0. The molecule has 5 heteroatoms. The molecule has 0 aliphatic carbocycles. The fourth-order valence-electron chi connectivity index (χ4n) is 4.62. The highest BCUT2D eigenvalue weighted by Gasteiger charge is 2.30. The van der Waals surface area contributed by atoms with Crippen molar-refractivity contribution in [2.75, 3.05) is 19.6 Å². The van der Waals surface area contributed by atoms with E-state index in [4.69, 9.17) is 0 Å². The van der Waals surface area contributed by atoms with Gasteiger partial charge in [0.2, 0.25) is 11.8 Å². The van der Waals surface area contributed by atoms with Crippen LogP contribution in [-0.4, -0.2) is 59.4 Å². The zero-order valence-corrected chi connectivity index (χ0v) is 17.4. The highest BCUT2D eigenvalue weighted by atomic mass is 16.2. The van der Waals surface area contributed by atoms with Gasteiger partial charge in [-0.1, -0.05) is 30.3 Å². The van der Waals surface area contributed by atoms with E-state index in [1.807, 2.05) is 18.2 Å². The van der Waals surface area contributed by atoms with Crippen molar-refractivity contribution in [2.45, 2.75) is 76.9 Å². The lowest BCUT2D eigenvalue weighted by atomic mass is 9.97. The van der Waals surface area contributed by atoms with Crippen LogP contribution in [0.4, 0.5) is 0 Å². The molecule has 2 heterocycles. The molecule has 2 amide bonds. The molecular formula is C23H35N3O2. The highest BCUT2D eigenvalue weighted by molar-refractivity contribution is 5.79. The molecule has 0 radical (unpaired) electrons. The van der Waals surface area contributed by atoms with E-state index in [0.29, 0.717) is 25.0 Å². The Morgan fingerprint density at radius 2 is 1.64 bits per heavy atom. The van der Waals surface area contributed by atoms with Crippen LogP contribution in [0, 0.1) is 0 Å². The maximum absolute atomic E-state index is 12.8. The summed E-state index contributed by atoms with van der Waals surface area (Å²) in [6.07, 6.45) is 6.63. The lowest BCUT2D eigenvalue weighted by Gasteiger charge is -2.41. The standard InChI is InChI=1S/C23H35N3O2/c1-18-7-6-8-19(2)26(18)23(28)17-25-15-13-21(14-16-25)24-22(27)12-11-20-9-4-3-5-10-20/h3-5,9-10,18-19,21H,6-8,11-17H2,1-2H3,(H,24,27)/t18-,19-/m1/s1. The largest absolute Gasteiger partial charge is 0.353 e. The summed E-state index contributed by atoms with van der Waals surface area (Å²) in [6, 6.07) is 11.1. The number of amides is 2. The van der Waals surface area contributed by atoms with Crippen LogP contribution in [0.15, 0.2) is 30.3 Å². The molecule has 2 saturated heterocycles. The fraction of sp³-hybridized carbons (Fsp3) is 0.652. The van der Waals surface area contributed by atoms with E-state index < -0.39 is 0 Å². The number of likely N-dealkylation sites (tertiary alicyclic amines) is 2. The smallest absolute Gasteiger partial charge is 0.237 e. The van der Waals surface area contributed by atoms with Gasteiger partial charge in [-0.3, -0.25) is 14.5 Å². The van der Waals surface area contributed by atoms with Gasteiger partial charge >= 0.3 is 0 Å². The number of nitrogens with one attached hydrogen (secondary N) is 1. The van der Waals surface area contributed by atoms with Crippen LogP contribution in [0.2, 0.25) is 0 Å². The molecule has 0 spiro atoms. The van der Waals surface area contributed by atoms with Gasteiger partial charge in [0, 0.05) is 37.6 Å². The summed E-state index contributed by atoms with van der Waals surface area (Å²) >= 11 is 0. The molecule has 0 saturated carbocycles. The second kappa shape index (κ2) is 10.1. The zero-order valence-electron chi connectivity index (χ0n) is 17.4. The van der Waals surface area contributed by atoms with Crippen molar-refractivity contribution in [1.29, 1.82) is 0 Å². The van der Waals surface area contributed by atoms with Gasteiger partial charge in [0.05, 0.1) is 6.54 Å². The minimum atomic E-state index is 0.134. The van der Waals surface area contributed by atoms with Crippen LogP contribution in [-0.2, 0) is 16.0 Å². The summed E-state index contributed by atoms with van der Waals surface area (Å²) in [7, 11) is 0. The second-order valence-electron chi connectivity index (χ2n) is 8.53. The molecule has 5 nitrogen and oxygen atoms in total. The van der Waals surface area contributed by atoms with Crippen LogP contribution in [0.3, 0.4) is 0 Å². The van der Waals surface area contributed by atoms with Crippen molar-refractivity contribution in [2.24, 2.45) is 0 Å². The maximum atomic E-state index is 12.8. The van der Waals surface area contributed by atoms with E-state index in [-0.39, 0.29) is 17.9 Å². The molecule has 2 atom stereocenters. The molecular weight excluding hydrogens is 350 g/mol. The first-order valence-electron chi connectivity index (χ1n) is 10.9. The molecule has 3 rings (SSSR count). The Kier molecular flexibility index (Phi) is 7.49. The molecule has 0 aromatic heterocycles. The Balaban J connectivity index is 1.37. The van der Waals surface area contributed by atoms with Gasteiger partial charge in [0.1, 0.15) is 0 Å². The predicted molar refractivity (Wildman–Crippen MR) is 112 cm³/mol. The molecule has 2 aliphatic heterocycles. The minimum absolute atomic E-state index is 0.134. The van der Waals surface area contributed by atoms with Crippen LogP contribution < -0.4 is 5.32 Å². The number of aryl methyl sites for hydroxylation is 1.